The summed E-state index contributed by atoms with van der Waals surface area (Å²) in [6, 6.07) is 27.8. The van der Waals surface area contributed by atoms with Gasteiger partial charge in [-0.15, -0.1) is 0 Å². The number of benzene rings is 4. The van der Waals surface area contributed by atoms with Crippen LogP contribution in [0.25, 0.3) is 22.3 Å². The fourth-order valence-corrected chi connectivity index (χ4v) is 5.98. The second-order valence-electron chi connectivity index (χ2n) is 11.8. The number of nitrogens with two attached hydrogens (primary N) is 2. The molecule has 0 aliphatic heterocycles. The molecule has 4 aromatic carbocycles. The second-order valence-corrected chi connectivity index (χ2v) is 12.7. The fourth-order valence-electron chi connectivity index (χ4n) is 5.60. The number of carbonyl (C=O) groups is 1. The third-order valence-electron chi connectivity index (χ3n) is 8.25. The number of nitrogens with one attached hydrogen (secondary N) is 1. The molecule has 0 spiro atoms. The minimum Gasteiger partial charge on any atom is -0.496 e. The van der Waals surface area contributed by atoms with Crippen molar-refractivity contribution in [2.24, 2.45) is 11.5 Å². The van der Waals surface area contributed by atoms with Crippen molar-refractivity contribution >= 4 is 29.2 Å². The first kappa shape index (κ1) is 41.2. The van der Waals surface area contributed by atoms with Crippen LogP contribution in [-0.2, 0) is 25.9 Å². The third kappa shape index (κ3) is 10.5. The summed E-state index contributed by atoms with van der Waals surface area (Å²) in [6.45, 7) is 0.627. The quantitative estimate of drug-likeness (QED) is 0.121. The summed E-state index contributed by atoms with van der Waals surface area (Å²) in [5.74, 6) is 0.236. The molecule has 8 nitrogen and oxygen atoms in total. The van der Waals surface area contributed by atoms with Gasteiger partial charge in [0.25, 0.3) is 0 Å². The zero-order valence-electron chi connectivity index (χ0n) is 29.0. The van der Waals surface area contributed by atoms with E-state index in [0.29, 0.717) is 80.0 Å². The number of pyridine rings is 2. The molecule has 5 N–H and O–H groups in total. The predicted octanol–water partition coefficient (Wildman–Crippen LogP) is 9.54. The zero-order valence-corrected chi connectivity index (χ0v) is 30.5. The van der Waals surface area contributed by atoms with Gasteiger partial charge in [-0.3, -0.25) is 9.97 Å². The number of urea groups is 1. The number of hydrogen-bond acceptors (Lipinski definition) is 6. The SMILES string of the molecule is C.COc1ccc(Cc2ccc(CN)nc2)c(F)c1-c1cccc(Cl)c1.COc1ccc(Cc2ccc(CNC(N)=O)nc2)c(F)c1-c1cccc(Cl)c1. The van der Waals surface area contributed by atoms with E-state index in [1.165, 1.54) is 14.2 Å². The number of methoxy groups -OCH3 is 2. The highest BCUT2D eigenvalue weighted by atomic mass is 35.5. The van der Waals surface area contributed by atoms with Crippen LogP contribution in [0, 0.1) is 11.6 Å². The predicted molar refractivity (Wildman–Crippen MR) is 212 cm³/mol. The Morgan fingerprint density at radius 1 is 0.704 bits per heavy atom. The van der Waals surface area contributed by atoms with E-state index in [-0.39, 0.29) is 25.6 Å². The lowest BCUT2D eigenvalue weighted by molar-refractivity contribution is 0.248. The number of nitrogens with zero attached hydrogens (tertiary/aromatic N) is 2. The van der Waals surface area contributed by atoms with E-state index in [2.05, 4.69) is 15.3 Å². The second kappa shape index (κ2) is 19.5. The Bertz CT molecular complexity index is 2190. The lowest BCUT2D eigenvalue weighted by Gasteiger charge is -2.14. The Morgan fingerprint density at radius 2 is 1.17 bits per heavy atom. The molecule has 2 heterocycles. The first-order valence-electron chi connectivity index (χ1n) is 16.4. The van der Waals surface area contributed by atoms with Gasteiger partial charge in [0.05, 0.1) is 43.3 Å². The molecule has 6 rings (SSSR count). The third-order valence-corrected chi connectivity index (χ3v) is 8.72. The zero-order chi connectivity index (χ0) is 37.9. The van der Waals surface area contributed by atoms with Crippen molar-refractivity contribution in [3.63, 3.8) is 0 Å². The fraction of sp³-hybridized carbons (Fsp3) is 0.167. The maximum atomic E-state index is 15.3. The van der Waals surface area contributed by atoms with Gasteiger partial charge in [-0.25, -0.2) is 13.6 Å². The van der Waals surface area contributed by atoms with Crippen LogP contribution in [-0.4, -0.2) is 30.2 Å². The average molecular weight is 773 g/mol. The van der Waals surface area contributed by atoms with E-state index in [1.807, 2.05) is 24.3 Å². The Hall–Kier alpha value is -5.55. The van der Waals surface area contributed by atoms with Crippen molar-refractivity contribution in [3.8, 4) is 33.8 Å². The molecule has 0 saturated carbocycles. The Labute approximate surface area is 324 Å². The van der Waals surface area contributed by atoms with Crippen LogP contribution in [0.15, 0.2) is 109 Å². The highest BCUT2D eigenvalue weighted by Crippen LogP contribution is 2.37. The molecular formula is C42H41Cl2F2N5O3. The van der Waals surface area contributed by atoms with Crippen LogP contribution in [0.2, 0.25) is 10.0 Å². The minimum atomic E-state index is -0.611. The van der Waals surface area contributed by atoms with Gasteiger partial charge in [0, 0.05) is 41.8 Å². The van der Waals surface area contributed by atoms with E-state index < -0.39 is 6.03 Å². The van der Waals surface area contributed by atoms with E-state index in [0.717, 1.165) is 16.8 Å². The molecule has 280 valence electrons. The average Bonchev–Trinajstić information content (AvgIpc) is 3.16. The number of carbonyl (C=O) groups excluding carboxylic acids is 1. The maximum Gasteiger partial charge on any atom is 0.312 e. The molecule has 0 fully saturated rings. The number of ether oxygens (including phenoxy) is 2. The van der Waals surface area contributed by atoms with Crippen LogP contribution in [0.3, 0.4) is 0 Å². The molecule has 0 aliphatic rings. The molecule has 0 bridgehead atoms. The maximum absolute atomic E-state index is 15.3. The lowest BCUT2D eigenvalue weighted by Crippen LogP contribution is -2.28. The summed E-state index contributed by atoms with van der Waals surface area (Å²) in [5, 5.41) is 3.54. The molecule has 2 aromatic heterocycles. The van der Waals surface area contributed by atoms with Crippen molar-refractivity contribution in [2.45, 2.75) is 33.4 Å². The summed E-state index contributed by atoms with van der Waals surface area (Å²) in [6.07, 6.45) is 4.17. The summed E-state index contributed by atoms with van der Waals surface area (Å²) in [7, 11) is 3.03. The van der Waals surface area contributed by atoms with E-state index in [9.17, 15) is 4.79 Å². The molecule has 0 atom stereocenters. The summed E-state index contributed by atoms with van der Waals surface area (Å²) >= 11 is 12.1. The molecule has 0 unspecified atom stereocenters. The van der Waals surface area contributed by atoms with Gasteiger partial charge in [0.2, 0.25) is 0 Å². The van der Waals surface area contributed by atoms with Crippen LogP contribution in [0.1, 0.15) is 41.1 Å². The molecule has 0 radical (unpaired) electrons. The number of primary amides is 1. The van der Waals surface area contributed by atoms with Gasteiger partial charge >= 0.3 is 6.03 Å². The highest BCUT2D eigenvalue weighted by molar-refractivity contribution is 6.31. The van der Waals surface area contributed by atoms with Crippen LogP contribution >= 0.6 is 23.2 Å². The lowest BCUT2D eigenvalue weighted by atomic mass is 9.97. The Kier molecular flexibility index (Phi) is 14.9. The van der Waals surface area contributed by atoms with E-state index in [1.54, 1.807) is 85.2 Å². The minimum absolute atomic E-state index is 0. The molecule has 6 aromatic rings. The van der Waals surface area contributed by atoms with Crippen molar-refractivity contribution in [1.29, 1.82) is 0 Å². The topological polar surface area (TPSA) is 125 Å². The van der Waals surface area contributed by atoms with Gasteiger partial charge in [0.1, 0.15) is 23.1 Å². The first-order valence-corrected chi connectivity index (χ1v) is 17.2. The van der Waals surface area contributed by atoms with Crippen molar-refractivity contribution < 1.29 is 23.0 Å². The van der Waals surface area contributed by atoms with E-state index in [4.69, 9.17) is 44.1 Å². The normalized spacial score (nSPS) is 10.4. The molecular weight excluding hydrogens is 731 g/mol. The molecule has 12 heteroatoms. The van der Waals surface area contributed by atoms with Gasteiger partial charge < -0.3 is 26.3 Å². The standard InChI is InChI=1S/C21H19ClFN3O2.C20H18ClFN2O.CH4/c1-28-18-8-6-15(20(23)19(18)14-3-2-4-16(22)10-14)9-13-5-7-17(25-11-13)12-26-21(24)27;1-25-18-8-6-15(9-13-5-7-17(11-23)24-12-13)20(22)19(18)14-3-2-4-16(21)10-14;/h2-8,10-11H,9,12H2,1H3,(H3,24,26,27);2-8,10,12H,9,11,23H2,1H3;1H4. The van der Waals surface area contributed by atoms with Crippen LogP contribution < -0.4 is 26.3 Å². The Balaban J connectivity index is 0.000000238. The van der Waals surface area contributed by atoms with Crippen molar-refractivity contribution in [2.75, 3.05) is 14.2 Å². The number of hydrogen-bond donors (Lipinski definition) is 3. The summed E-state index contributed by atoms with van der Waals surface area (Å²) in [4.78, 5) is 19.3. The van der Waals surface area contributed by atoms with Crippen LogP contribution in [0.4, 0.5) is 13.6 Å². The number of halogens is 4. The molecule has 2 amide bonds. The smallest absolute Gasteiger partial charge is 0.312 e. The van der Waals surface area contributed by atoms with Crippen LogP contribution in [0.5, 0.6) is 11.5 Å². The van der Waals surface area contributed by atoms with Gasteiger partial charge in [-0.2, -0.15) is 0 Å². The largest absolute Gasteiger partial charge is 0.496 e. The van der Waals surface area contributed by atoms with Crippen molar-refractivity contribution in [3.05, 3.63) is 165 Å². The van der Waals surface area contributed by atoms with Gasteiger partial charge in [0.15, 0.2) is 0 Å². The van der Waals surface area contributed by atoms with Crippen molar-refractivity contribution in [1.82, 2.24) is 15.3 Å². The summed E-state index contributed by atoms with van der Waals surface area (Å²) < 4.78 is 41.2. The Morgan fingerprint density at radius 3 is 1.54 bits per heavy atom. The summed E-state index contributed by atoms with van der Waals surface area (Å²) in [5.41, 5.74) is 17.0. The number of aromatic nitrogens is 2. The highest BCUT2D eigenvalue weighted by Gasteiger charge is 2.18. The number of amides is 2. The monoisotopic (exact) mass is 771 g/mol. The molecule has 0 aliphatic carbocycles. The van der Waals surface area contributed by atoms with Gasteiger partial charge in [-0.05, 0) is 81.9 Å². The first-order chi connectivity index (χ1) is 25.6. The molecule has 54 heavy (non-hydrogen) atoms. The number of rotatable bonds is 11. The molecule has 0 saturated heterocycles. The van der Waals surface area contributed by atoms with E-state index >= 15 is 8.78 Å². The van der Waals surface area contributed by atoms with Gasteiger partial charge in [-0.1, -0.05) is 79.2 Å².